The number of aromatic carboxylic acids is 2. The summed E-state index contributed by atoms with van der Waals surface area (Å²) < 4.78 is 0. The Morgan fingerprint density at radius 2 is 0.862 bits per heavy atom. The van der Waals surface area contributed by atoms with E-state index in [9.17, 15) is 9.59 Å². The summed E-state index contributed by atoms with van der Waals surface area (Å²) in [4.78, 5) is 20.4. The van der Waals surface area contributed by atoms with Gasteiger partial charge in [-0.3, -0.25) is 0 Å². The molecule has 0 aromatic heterocycles. The Labute approximate surface area is 182 Å². The molecule has 0 fully saturated rings. The number of carbonyl (C=O) groups is 2. The van der Waals surface area contributed by atoms with Gasteiger partial charge in [-0.2, -0.15) is 0 Å². The molecule has 0 bridgehead atoms. The molecule has 2 N–H and O–H groups in total. The van der Waals surface area contributed by atoms with Crippen molar-refractivity contribution in [3.63, 3.8) is 0 Å². The van der Waals surface area contributed by atoms with Crippen molar-refractivity contribution in [3.05, 3.63) is 132 Å². The first-order valence-corrected chi connectivity index (χ1v) is 7.83. The summed E-state index contributed by atoms with van der Waals surface area (Å²) in [6, 6.07) is 40.6. The van der Waals surface area contributed by atoms with Gasteiger partial charge in [-0.15, -0.1) is 0 Å². The van der Waals surface area contributed by atoms with Crippen LogP contribution in [0.5, 0.6) is 0 Å². The van der Waals surface area contributed by atoms with Crippen molar-refractivity contribution >= 4 is 11.9 Å². The van der Waals surface area contributed by atoms with E-state index in [0.29, 0.717) is 11.1 Å². The molecule has 0 saturated heterocycles. The molecular formula is C24H14O4V-10. The van der Waals surface area contributed by atoms with Crippen molar-refractivity contribution in [2.45, 2.75) is 0 Å². The topological polar surface area (TPSA) is 74.6 Å². The molecule has 1 radical (unpaired) electrons. The second-order valence-corrected chi connectivity index (χ2v) is 4.71. The number of benzene rings is 2. The summed E-state index contributed by atoms with van der Waals surface area (Å²) in [5.41, 5.74) is 0.662. The van der Waals surface area contributed by atoms with Gasteiger partial charge in [0.05, 0.1) is 11.1 Å². The summed E-state index contributed by atoms with van der Waals surface area (Å²) in [6.07, 6.45) is 0. The van der Waals surface area contributed by atoms with Crippen molar-refractivity contribution < 1.29 is 38.4 Å². The first-order valence-electron chi connectivity index (χ1n) is 7.83. The molecule has 0 amide bonds. The Kier molecular flexibility index (Phi) is 14.9. The van der Waals surface area contributed by atoms with E-state index >= 15 is 0 Å². The van der Waals surface area contributed by atoms with Crippen LogP contribution in [0.4, 0.5) is 0 Å². The molecule has 0 atom stereocenters. The van der Waals surface area contributed by atoms with E-state index in [1.165, 1.54) is 0 Å². The predicted molar refractivity (Wildman–Crippen MR) is 102 cm³/mol. The fourth-order valence-electron chi connectivity index (χ4n) is 1.52. The quantitative estimate of drug-likeness (QED) is 0.484. The van der Waals surface area contributed by atoms with Gasteiger partial charge in [0.25, 0.3) is 0 Å². The second kappa shape index (κ2) is 16.8. The van der Waals surface area contributed by atoms with E-state index in [1.54, 1.807) is 72.8 Å². The molecule has 29 heavy (non-hydrogen) atoms. The van der Waals surface area contributed by atoms with Crippen molar-refractivity contribution in [1.29, 1.82) is 0 Å². The van der Waals surface area contributed by atoms with Gasteiger partial charge in [0.2, 0.25) is 0 Å². The SMILES string of the molecule is O=C(O)c1ccccc1.O=C(O)c1ccccc1.[V].[c-]1[c-][c-][cH-][c-]1.[c-]1[c-][c-][cH-][c-]1. The maximum absolute atomic E-state index is 10.2. The fourth-order valence-corrected chi connectivity index (χ4v) is 1.52. The van der Waals surface area contributed by atoms with E-state index in [-0.39, 0.29) is 18.6 Å². The molecule has 4 aromatic rings. The molecule has 0 unspecified atom stereocenters. The monoisotopic (exact) mass is 417 g/mol. The summed E-state index contributed by atoms with van der Waals surface area (Å²) in [5.74, 6) is -1.76. The number of hydrogen-bond donors (Lipinski definition) is 2. The van der Waals surface area contributed by atoms with Crippen LogP contribution < -0.4 is 0 Å². The third-order valence-electron chi connectivity index (χ3n) is 2.74. The number of carboxylic acid groups (broad SMARTS) is 2. The Hall–Kier alpha value is -3.34. The van der Waals surface area contributed by atoms with E-state index in [1.807, 2.05) is 0 Å². The minimum absolute atomic E-state index is 0. The minimum Gasteiger partial charge on any atom is -0.999 e. The molecule has 4 rings (SSSR count). The van der Waals surface area contributed by atoms with Gasteiger partial charge in [-0.1, -0.05) is 36.4 Å². The van der Waals surface area contributed by atoms with Crippen LogP contribution in [0.25, 0.3) is 0 Å². The van der Waals surface area contributed by atoms with E-state index in [2.05, 4.69) is 48.5 Å². The Morgan fingerprint density at radius 1 is 0.586 bits per heavy atom. The zero-order chi connectivity index (χ0) is 20.5. The zero-order valence-corrected chi connectivity index (χ0v) is 16.5. The van der Waals surface area contributed by atoms with Crippen LogP contribution in [-0.2, 0) is 18.6 Å². The third-order valence-corrected chi connectivity index (χ3v) is 2.74. The van der Waals surface area contributed by atoms with Crippen LogP contribution in [0, 0.1) is 48.5 Å². The van der Waals surface area contributed by atoms with Crippen LogP contribution in [0.15, 0.2) is 72.8 Å². The molecule has 0 saturated carbocycles. The molecule has 0 aliphatic rings. The molecule has 149 valence electrons. The first kappa shape index (κ1) is 25.7. The standard InChI is InChI=1S/2C7H6O2.2C5H.V/c2*8-7(9)6-4-2-1-3-5-6;2*1-2-4-5-3-1;/h2*1-5H,(H,8,9);2*1H;/q;;2*-5;. The number of hydrogen-bond acceptors (Lipinski definition) is 2. The molecule has 4 nitrogen and oxygen atoms in total. The fraction of sp³-hybridized carbons (Fsp3) is 0. The summed E-state index contributed by atoms with van der Waals surface area (Å²) >= 11 is 0. The van der Waals surface area contributed by atoms with Gasteiger partial charge < -0.3 is 70.9 Å². The number of rotatable bonds is 2. The van der Waals surface area contributed by atoms with Crippen LogP contribution in [0.1, 0.15) is 20.7 Å². The van der Waals surface area contributed by atoms with E-state index < -0.39 is 11.9 Å². The Morgan fingerprint density at radius 3 is 1.00 bits per heavy atom. The largest absolute Gasteiger partial charge is 0.999 e. The van der Waals surface area contributed by atoms with Gasteiger partial charge in [-0.25, -0.2) is 9.59 Å². The summed E-state index contributed by atoms with van der Waals surface area (Å²) in [7, 11) is 0. The molecular weight excluding hydrogens is 403 g/mol. The molecule has 0 spiro atoms. The van der Waals surface area contributed by atoms with Gasteiger partial charge in [0.1, 0.15) is 0 Å². The van der Waals surface area contributed by atoms with Crippen molar-refractivity contribution in [1.82, 2.24) is 0 Å². The van der Waals surface area contributed by atoms with Gasteiger partial charge >= 0.3 is 11.9 Å². The first-order chi connectivity index (χ1) is 13.6. The minimum atomic E-state index is -0.879. The van der Waals surface area contributed by atoms with Gasteiger partial charge in [0, 0.05) is 18.6 Å². The van der Waals surface area contributed by atoms with Crippen molar-refractivity contribution in [2.24, 2.45) is 0 Å². The maximum Gasteiger partial charge on any atom is 0.335 e. The Balaban J connectivity index is 0.000000369. The molecule has 0 aliphatic carbocycles. The van der Waals surface area contributed by atoms with Gasteiger partial charge in [-0.05, 0) is 24.3 Å². The second-order valence-electron chi connectivity index (χ2n) is 4.71. The van der Waals surface area contributed by atoms with Gasteiger partial charge in [0.15, 0.2) is 0 Å². The van der Waals surface area contributed by atoms with E-state index in [4.69, 9.17) is 10.2 Å². The van der Waals surface area contributed by atoms with Crippen LogP contribution >= 0.6 is 0 Å². The summed E-state index contributed by atoms with van der Waals surface area (Å²) in [5, 5.41) is 16.8. The van der Waals surface area contributed by atoms with Crippen molar-refractivity contribution in [2.75, 3.05) is 0 Å². The van der Waals surface area contributed by atoms with Crippen LogP contribution in [0.3, 0.4) is 0 Å². The van der Waals surface area contributed by atoms with Crippen molar-refractivity contribution in [3.8, 4) is 0 Å². The summed E-state index contributed by atoms with van der Waals surface area (Å²) in [6.45, 7) is 0. The molecule has 5 heteroatoms. The predicted octanol–water partition coefficient (Wildman–Crippen LogP) is 3.98. The average Bonchev–Trinajstić information content (AvgIpc) is 3.48. The zero-order valence-electron chi connectivity index (χ0n) is 15.1. The van der Waals surface area contributed by atoms with E-state index in [0.717, 1.165) is 0 Å². The molecule has 4 aromatic carbocycles. The normalized spacial score (nSPS) is 8.28. The van der Waals surface area contributed by atoms with Crippen LogP contribution in [-0.4, -0.2) is 22.2 Å². The Bertz CT molecular complexity index is 746. The third kappa shape index (κ3) is 13.5. The molecule has 0 heterocycles. The number of carboxylic acids is 2. The molecule has 0 aliphatic heterocycles. The average molecular weight is 417 g/mol. The smallest absolute Gasteiger partial charge is 0.335 e. The maximum atomic E-state index is 10.2. The van der Waals surface area contributed by atoms with Crippen LogP contribution in [0.2, 0.25) is 0 Å².